The molecule has 0 radical (unpaired) electrons. The van der Waals surface area contributed by atoms with Gasteiger partial charge in [-0.25, -0.2) is 8.78 Å². The van der Waals surface area contributed by atoms with E-state index >= 15 is 4.39 Å². The fraction of sp³-hybridized carbons (Fsp3) is 0.806. The highest BCUT2D eigenvalue weighted by molar-refractivity contribution is 9.09. The summed E-state index contributed by atoms with van der Waals surface area (Å²) in [5, 5.41) is 0.791. The standard InChI is InChI=1S/C30H49F2O4P.C26H39BrF2O.C6H15O3P/c1-4-7-8-10-23-11-13-24(14-12-23)25-15-17-26(18-16-25)27-19-20-28(30(32)29(27)31)34-21-9-22-37(33,35-5-2)36-6-3;1-2-3-4-6-19-7-9-20(10-8-19)21-11-13-22(14-12-21)23-15-16-24(26(29)25(23)28)30-18-5-17-27;1-4-7-10(8-5-2)9-6-3/h19-20,23-26H,4-18,21-22H2,1-3H3;15-16,19-22H,2-14,17-18H2,1H3;4-6H2,1-3H3. The summed E-state index contributed by atoms with van der Waals surface area (Å²) in [5.74, 6) is 2.08. The van der Waals surface area contributed by atoms with Gasteiger partial charge in [-0.05, 0) is 195 Å². The molecule has 0 aromatic heterocycles. The van der Waals surface area contributed by atoms with Crippen molar-refractivity contribution >= 4 is 32.1 Å². The maximum Gasteiger partial charge on any atom is 0.332 e. The first-order chi connectivity index (χ1) is 37.4. The second-order valence-corrected chi connectivity index (χ2v) is 26.3. The Balaban J connectivity index is 0.000000286. The molecular formula is C62H103BrF4O8P2. The van der Waals surface area contributed by atoms with Gasteiger partial charge in [-0.1, -0.05) is 119 Å². The van der Waals surface area contributed by atoms with Crippen molar-refractivity contribution in [3.63, 3.8) is 0 Å². The van der Waals surface area contributed by atoms with Crippen LogP contribution in [0.1, 0.15) is 238 Å². The van der Waals surface area contributed by atoms with Crippen molar-refractivity contribution in [2.24, 2.45) is 35.5 Å². The molecule has 0 aliphatic heterocycles. The molecule has 6 rings (SSSR count). The second-order valence-electron chi connectivity index (χ2n) is 22.1. The quantitative estimate of drug-likeness (QED) is 0.0320. The normalized spacial score (nSPS) is 23.9. The van der Waals surface area contributed by atoms with Gasteiger partial charge in [0.1, 0.15) is 0 Å². The van der Waals surface area contributed by atoms with Gasteiger partial charge in [0.15, 0.2) is 23.1 Å². The predicted molar refractivity (Wildman–Crippen MR) is 313 cm³/mol. The van der Waals surface area contributed by atoms with Crippen LogP contribution in [0.2, 0.25) is 0 Å². The zero-order valence-electron chi connectivity index (χ0n) is 48.7. The first kappa shape index (κ1) is 68.2. The predicted octanol–water partition coefficient (Wildman–Crippen LogP) is 20.8. The molecule has 4 saturated carbocycles. The maximum absolute atomic E-state index is 15.0. The molecule has 0 N–H and O–H groups in total. The number of alkyl halides is 1. The van der Waals surface area contributed by atoms with Crippen molar-refractivity contribution in [3.8, 4) is 11.5 Å². The largest absolute Gasteiger partial charge is 0.490 e. The number of halogens is 5. The lowest BCUT2D eigenvalue weighted by molar-refractivity contribution is 0.155. The molecular weight excluding hydrogens is 1090 g/mol. The zero-order valence-corrected chi connectivity index (χ0v) is 52.1. The Bertz CT molecular complexity index is 1880. The summed E-state index contributed by atoms with van der Waals surface area (Å²) in [6, 6.07) is 6.62. The van der Waals surface area contributed by atoms with Crippen LogP contribution in [0.15, 0.2) is 24.3 Å². The lowest BCUT2D eigenvalue weighted by Crippen LogP contribution is -2.25. The van der Waals surface area contributed by atoms with E-state index in [0.717, 1.165) is 85.8 Å². The summed E-state index contributed by atoms with van der Waals surface area (Å²) in [4.78, 5) is 0. The van der Waals surface area contributed by atoms with Crippen LogP contribution in [-0.2, 0) is 27.2 Å². The Morgan fingerprint density at radius 2 is 0.831 bits per heavy atom. The lowest BCUT2D eigenvalue weighted by atomic mass is 9.68. The van der Waals surface area contributed by atoms with E-state index in [1.165, 1.54) is 116 Å². The number of benzene rings is 2. The Labute approximate surface area is 474 Å². The minimum Gasteiger partial charge on any atom is -0.490 e. The number of hydrogen-bond acceptors (Lipinski definition) is 8. The molecule has 2 aromatic carbocycles. The zero-order chi connectivity index (χ0) is 55.8. The number of unbranched alkanes of at least 4 members (excludes halogenated alkanes) is 4. The smallest absolute Gasteiger partial charge is 0.332 e. The molecule has 0 unspecified atom stereocenters. The molecule has 15 heteroatoms. The summed E-state index contributed by atoms with van der Waals surface area (Å²) in [5.41, 5.74) is 1.04. The molecule has 4 aliphatic rings. The SMILES string of the molecule is CCCCCC1CCC(C2CCC(c3ccc(OCCCBr)c(F)c3F)CC2)CC1.CCCCCC1CCC(C2CCC(c3ccc(OCCCP(=O)(OCC)OCC)c(F)c3F)CC2)CC1.CCOP(OCC)OCC. The molecule has 0 amide bonds. The Kier molecular flexibility index (Phi) is 34.7. The molecule has 0 bridgehead atoms. The third-order valence-electron chi connectivity index (χ3n) is 16.8. The van der Waals surface area contributed by atoms with Gasteiger partial charge in [0.2, 0.25) is 11.6 Å². The van der Waals surface area contributed by atoms with E-state index in [2.05, 4.69) is 29.8 Å². The summed E-state index contributed by atoms with van der Waals surface area (Å²) < 4.78 is 108. The Morgan fingerprint density at radius 1 is 0.468 bits per heavy atom. The van der Waals surface area contributed by atoms with Gasteiger partial charge in [-0.15, -0.1) is 0 Å². The van der Waals surface area contributed by atoms with E-state index < -0.39 is 39.5 Å². The topological polar surface area (TPSA) is 81.7 Å². The van der Waals surface area contributed by atoms with Crippen molar-refractivity contribution in [3.05, 3.63) is 58.7 Å². The van der Waals surface area contributed by atoms with Gasteiger partial charge in [0, 0.05) is 5.33 Å². The molecule has 4 fully saturated rings. The fourth-order valence-corrected chi connectivity index (χ4v) is 15.4. The molecule has 0 saturated heterocycles. The van der Waals surface area contributed by atoms with E-state index in [1.54, 1.807) is 38.1 Å². The molecule has 444 valence electrons. The van der Waals surface area contributed by atoms with Crippen LogP contribution in [0.25, 0.3) is 0 Å². The van der Waals surface area contributed by atoms with Gasteiger partial charge in [-0.3, -0.25) is 4.57 Å². The monoisotopic (exact) mass is 1190 g/mol. The Hall–Kier alpha value is -1.30. The molecule has 4 aliphatic carbocycles. The van der Waals surface area contributed by atoms with Crippen LogP contribution in [0.4, 0.5) is 17.6 Å². The van der Waals surface area contributed by atoms with Gasteiger partial charge < -0.3 is 32.1 Å². The second kappa shape index (κ2) is 39.2. The molecule has 0 spiro atoms. The molecule has 0 atom stereocenters. The summed E-state index contributed by atoms with van der Waals surface area (Å²) in [6.07, 6.45) is 31.7. The van der Waals surface area contributed by atoms with Crippen LogP contribution in [0.5, 0.6) is 11.5 Å². The van der Waals surface area contributed by atoms with Gasteiger partial charge >= 0.3 is 16.2 Å². The van der Waals surface area contributed by atoms with Crippen LogP contribution in [0, 0.1) is 58.8 Å². The van der Waals surface area contributed by atoms with E-state index in [9.17, 15) is 17.7 Å². The van der Waals surface area contributed by atoms with E-state index in [4.69, 9.17) is 32.1 Å². The van der Waals surface area contributed by atoms with E-state index in [1.807, 2.05) is 20.8 Å². The highest BCUT2D eigenvalue weighted by Crippen LogP contribution is 2.50. The lowest BCUT2D eigenvalue weighted by Gasteiger charge is -2.38. The van der Waals surface area contributed by atoms with Gasteiger partial charge in [0.05, 0.1) is 52.4 Å². The molecule has 2 aromatic rings. The first-order valence-corrected chi connectivity index (χ1v) is 34.7. The average Bonchev–Trinajstić information content (AvgIpc) is 3.44. The minimum absolute atomic E-state index is 0.0431. The highest BCUT2D eigenvalue weighted by atomic mass is 79.9. The number of hydrogen-bond donors (Lipinski definition) is 0. The summed E-state index contributed by atoms with van der Waals surface area (Å²) in [7, 11) is -4.22. The fourth-order valence-electron chi connectivity index (χ4n) is 12.7. The summed E-state index contributed by atoms with van der Waals surface area (Å²) in [6.45, 7) is 16.9. The van der Waals surface area contributed by atoms with Gasteiger partial charge in [0.25, 0.3) is 0 Å². The molecule has 77 heavy (non-hydrogen) atoms. The maximum atomic E-state index is 15.0. The molecule has 0 heterocycles. The van der Waals surface area contributed by atoms with E-state index in [0.29, 0.717) is 57.2 Å². The first-order valence-electron chi connectivity index (χ1n) is 30.7. The Morgan fingerprint density at radius 3 is 1.17 bits per heavy atom. The average molecular weight is 1190 g/mol. The van der Waals surface area contributed by atoms with Crippen LogP contribution in [-0.4, -0.2) is 57.7 Å². The third-order valence-corrected chi connectivity index (χ3v) is 21.0. The van der Waals surface area contributed by atoms with Crippen molar-refractivity contribution in [1.82, 2.24) is 0 Å². The highest BCUT2D eigenvalue weighted by Gasteiger charge is 2.35. The van der Waals surface area contributed by atoms with Crippen LogP contribution >= 0.6 is 32.1 Å². The number of rotatable bonds is 31. The van der Waals surface area contributed by atoms with Crippen molar-refractivity contribution in [2.45, 2.75) is 227 Å². The van der Waals surface area contributed by atoms with Crippen LogP contribution < -0.4 is 9.47 Å². The third kappa shape index (κ3) is 23.8. The minimum atomic E-state index is -3.16. The van der Waals surface area contributed by atoms with Crippen molar-refractivity contribution < 1.29 is 54.2 Å². The summed E-state index contributed by atoms with van der Waals surface area (Å²) >= 11 is 3.32. The number of ether oxygens (including phenoxy) is 2. The molecule has 8 nitrogen and oxygen atoms in total. The van der Waals surface area contributed by atoms with Crippen molar-refractivity contribution in [2.75, 3.05) is 57.7 Å². The van der Waals surface area contributed by atoms with E-state index in [-0.39, 0.29) is 36.1 Å². The van der Waals surface area contributed by atoms with Crippen LogP contribution in [0.3, 0.4) is 0 Å². The van der Waals surface area contributed by atoms with Crippen molar-refractivity contribution in [1.29, 1.82) is 0 Å². The van der Waals surface area contributed by atoms with Gasteiger partial charge in [-0.2, -0.15) is 8.78 Å².